The first kappa shape index (κ1) is 15.7. The van der Waals surface area contributed by atoms with Crippen molar-refractivity contribution < 1.29 is 4.74 Å². The molecule has 21 heavy (non-hydrogen) atoms. The zero-order valence-corrected chi connectivity index (χ0v) is 13.8. The van der Waals surface area contributed by atoms with Gasteiger partial charge >= 0.3 is 0 Å². The van der Waals surface area contributed by atoms with Crippen molar-refractivity contribution in [3.63, 3.8) is 0 Å². The summed E-state index contributed by atoms with van der Waals surface area (Å²) in [5.41, 5.74) is 1.87. The molecule has 0 aliphatic rings. The van der Waals surface area contributed by atoms with Crippen molar-refractivity contribution in [2.45, 2.75) is 13.3 Å². The molecule has 0 atom stereocenters. The molecule has 0 fully saturated rings. The minimum absolute atomic E-state index is 0.589. The van der Waals surface area contributed by atoms with Crippen LogP contribution in [0.15, 0.2) is 34.8 Å². The monoisotopic (exact) mass is 350 g/mol. The molecule has 0 saturated heterocycles. The van der Waals surface area contributed by atoms with Crippen molar-refractivity contribution in [2.24, 2.45) is 0 Å². The van der Waals surface area contributed by atoms with E-state index in [2.05, 4.69) is 36.5 Å². The third kappa shape index (κ3) is 5.32. The van der Waals surface area contributed by atoms with Crippen molar-refractivity contribution >= 4 is 33.4 Å². The largest absolute Gasteiger partial charge is 0.385 e. The van der Waals surface area contributed by atoms with Gasteiger partial charge in [0.25, 0.3) is 0 Å². The highest BCUT2D eigenvalue weighted by Gasteiger charge is 2.03. The minimum atomic E-state index is 0.589. The smallest absolute Gasteiger partial charge is 0.229 e. The number of hydrogen-bond donors (Lipinski definition) is 2. The van der Waals surface area contributed by atoms with Crippen LogP contribution in [0.25, 0.3) is 0 Å². The second-order valence-electron chi connectivity index (χ2n) is 4.62. The Morgan fingerprint density at radius 2 is 1.95 bits per heavy atom. The summed E-state index contributed by atoms with van der Waals surface area (Å²) in [4.78, 5) is 8.86. The van der Waals surface area contributed by atoms with Gasteiger partial charge in [0.2, 0.25) is 5.95 Å². The number of aryl methyl sites for hydroxylation is 1. The van der Waals surface area contributed by atoms with Crippen LogP contribution in [-0.2, 0) is 4.74 Å². The number of aromatic nitrogens is 2. The van der Waals surface area contributed by atoms with Gasteiger partial charge in [0.1, 0.15) is 5.82 Å². The molecule has 0 aliphatic heterocycles. The van der Waals surface area contributed by atoms with Crippen LogP contribution in [0.1, 0.15) is 12.1 Å². The first-order valence-corrected chi connectivity index (χ1v) is 7.58. The van der Waals surface area contributed by atoms with Gasteiger partial charge in [-0.15, -0.1) is 0 Å². The van der Waals surface area contributed by atoms with Crippen LogP contribution in [0.4, 0.5) is 17.5 Å². The number of halogens is 1. The second-order valence-corrected chi connectivity index (χ2v) is 5.54. The van der Waals surface area contributed by atoms with E-state index in [1.54, 1.807) is 7.11 Å². The van der Waals surface area contributed by atoms with E-state index in [0.717, 1.165) is 41.2 Å². The molecule has 6 heteroatoms. The van der Waals surface area contributed by atoms with Gasteiger partial charge in [0.15, 0.2) is 0 Å². The van der Waals surface area contributed by atoms with Crippen LogP contribution in [0, 0.1) is 6.92 Å². The maximum Gasteiger partial charge on any atom is 0.229 e. The molecular formula is C15H19BrN4O. The standard InChI is InChI=1S/C15H19BrN4O/c1-11-10-14(17-8-3-9-21-2)20-15(18-11)19-13-6-4-12(16)5-7-13/h4-7,10H,3,8-9H2,1-2H3,(H2,17,18,19,20). The van der Waals surface area contributed by atoms with Gasteiger partial charge in [-0.3, -0.25) is 0 Å². The summed E-state index contributed by atoms with van der Waals surface area (Å²) in [7, 11) is 1.70. The second kappa shape index (κ2) is 7.95. The summed E-state index contributed by atoms with van der Waals surface area (Å²) < 4.78 is 6.07. The van der Waals surface area contributed by atoms with Gasteiger partial charge in [-0.25, -0.2) is 4.98 Å². The number of hydrogen-bond acceptors (Lipinski definition) is 5. The van der Waals surface area contributed by atoms with Crippen LogP contribution in [0.2, 0.25) is 0 Å². The fourth-order valence-corrected chi connectivity index (χ4v) is 2.07. The van der Waals surface area contributed by atoms with Gasteiger partial charge in [-0.2, -0.15) is 4.98 Å². The number of anilines is 3. The highest BCUT2D eigenvalue weighted by atomic mass is 79.9. The molecule has 0 unspecified atom stereocenters. The zero-order chi connectivity index (χ0) is 15.1. The Hall–Kier alpha value is -1.66. The average Bonchev–Trinajstić information content (AvgIpc) is 2.46. The highest BCUT2D eigenvalue weighted by molar-refractivity contribution is 9.10. The van der Waals surface area contributed by atoms with Crippen molar-refractivity contribution in [1.29, 1.82) is 0 Å². The molecule has 2 N–H and O–H groups in total. The Morgan fingerprint density at radius 1 is 1.19 bits per heavy atom. The quantitative estimate of drug-likeness (QED) is 0.745. The Bertz CT molecular complexity index is 574. The lowest BCUT2D eigenvalue weighted by Crippen LogP contribution is -2.08. The number of nitrogens with zero attached hydrogens (tertiary/aromatic N) is 2. The van der Waals surface area contributed by atoms with Crippen LogP contribution in [0.5, 0.6) is 0 Å². The molecule has 0 radical (unpaired) electrons. The van der Waals surface area contributed by atoms with E-state index in [0.29, 0.717) is 5.95 Å². The number of rotatable bonds is 7. The van der Waals surface area contributed by atoms with E-state index in [9.17, 15) is 0 Å². The Balaban J connectivity index is 2.02. The molecule has 0 saturated carbocycles. The molecule has 2 aromatic rings. The molecule has 0 aliphatic carbocycles. The summed E-state index contributed by atoms with van der Waals surface area (Å²) in [5.74, 6) is 1.41. The van der Waals surface area contributed by atoms with Gasteiger partial charge < -0.3 is 15.4 Å². The molecule has 0 bridgehead atoms. The SMILES string of the molecule is COCCCNc1cc(C)nc(Nc2ccc(Br)cc2)n1. The van der Waals surface area contributed by atoms with Gasteiger partial charge in [0.05, 0.1) is 0 Å². The first-order chi connectivity index (χ1) is 10.2. The Labute approximate surface area is 133 Å². The van der Waals surface area contributed by atoms with E-state index in [1.807, 2.05) is 37.3 Å². The number of benzene rings is 1. The first-order valence-electron chi connectivity index (χ1n) is 6.78. The highest BCUT2D eigenvalue weighted by Crippen LogP contribution is 2.18. The van der Waals surface area contributed by atoms with Crippen molar-refractivity contribution in [3.8, 4) is 0 Å². The van der Waals surface area contributed by atoms with Gasteiger partial charge in [0, 0.05) is 42.2 Å². The molecule has 0 amide bonds. The number of ether oxygens (including phenoxy) is 1. The molecule has 1 aromatic heterocycles. The summed E-state index contributed by atoms with van der Waals surface area (Å²) >= 11 is 3.42. The predicted octanol–water partition coefficient (Wildman–Crippen LogP) is 3.74. The summed E-state index contributed by atoms with van der Waals surface area (Å²) in [6.45, 7) is 3.51. The van der Waals surface area contributed by atoms with Crippen LogP contribution in [0.3, 0.4) is 0 Å². The van der Waals surface area contributed by atoms with Crippen molar-refractivity contribution in [1.82, 2.24) is 9.97 Å². The van der Waals surface area contributed by atoms with Crippen LogP contribution in [-0.4, -0.2) is 30.2 Å². The topological polar surface area (TPSA) is 59.1 Å². The third-order valence-corrected chi connectivity index (χ3v) is 3.31. The van der Waals surface area contributed by atoms with E-state index in [-0.39, 0.29) is 0 Å². The van der Waals surface area contributed by atoms with Gasteiger partial charge in [-0.1, -0.05) is 15.9 Å². The normalized spacial score (nSPS) is 10.4. The molecule has 112 valence electrons. The Morgan fingerprint density at radius 3 is 2.67 bits per heavy atom. The minimum Gasteiger partial charge on any atom is -0.385 e. The fraction of sp³-hybridized carbons (Fsp3) is 0.333. The Kier molecular flexibility index (Phi) is 5.95. The van der Waals surface area contributed by atoms with E-state index in [4.69, 9.17) is 4.74 Å². The molecule has 2 rings (SSSR count). The molecule has 1 aromatic carbocycles. The summed E-state index contributed by atoms with van der Waals surface area (Å²) in [6, 6.07) is 9.83. The lowest BCUT2D eigenvalue weighted by atomic mass is 10.3. The van der Waals surface area contributed by atoms with E-state index >= 15 is 0 Å². The lowest BCUT2D eigenvalue weighted by molar-refractivity contribution is 0.198. The van der Waals surface area contributed by atoms with Gasteiger partial charge in [-0.05, 0) is 37.6 Å². The predicted molar refractivity (Wildman–Crippen MR) is 89.2 cm³/mol. The summed E-state index contributed by atoms with van der Waals surface area (Å²) in [5, 5.41) is 6.48. The summed E-state index contributed by atoms with van der Waals surface area (Å²) in [6.07, 6.45) is 0.940. The van der Waals surface area contributed by atoms with Crippen molar-refractivity contribution in [2.75, 3.05) is 30.9 Å². The van der Waals surface area contributed by atoms with Crippen molar-refractivity contribution in [3.05, 3.63) is 40.5 Å². The molecule has 0 spiro atoms. The van der Waals surface area contributed by atoms with E-state index in [1.165, 1.54) is 0 Å². The molecular weight excluding hydrogens is 332 g/mol. The fourth-order valence-electron chi connectivity index (χ4n) is 1.81. The average molecular weight is 351 g/mol. The third-order valence-electron chi connectivity index (χ3n) is 2.79. The maximum atomic E-state index is 5.03. The number of nitrogens with one attached hydrogen (secondary N) is 2. The zero-order valence-electron chi connectivity index (χ0n) is 12.2. The molecule has 5 nitrogen and oxygen atoms in total. The molecule has 1 heterocycles. The van der Waals surface area contributed by atoms with Crippen LogP contribution < -0.4 is 10.6 Å². The van der Waals surface area contributed by atoms with Crippen LogP contribution >= 0.6 is 15.9 Å². The van der Waals surface area contributed by atoms with E-state index < -0.39 is 0 Å². The lowest BCUT2D eigenvalue weighted by Gasteiger charge is -2.10. The number of methoxy groups -OCH3 is 1. The maximum absolute atomic E-state index is 5.03.